The first-order chi connectivity index (χ1) is 12.8. The Bertz CT molecular complexity index is 922. The van der Waals surface area contributed by atoms with Gasteiger partial charge in [0.1, 0.15) is 6.04 Å². The summed E-state index contributed by atoms with van der Waals surface area (Å²) in [5.41, 5.74) is 2.39. The Kier molecular flexibility index (Phi) is 5.89. The van der Waals surface area contributed by atoms with Crippen molar-refractivity contribution in [2.45, 2.75) is 44.0 Å². The van der Waals surface area contributed by atoms with E-state index in [2.05, 4.69) is 5.32 Å². The summed E-state index contributed by atoms with van der Waals surface area (Å²) in [4.78, 5) is 13.2. The second-order valence-corrected chi connectivity index (χ2v) is 9.17. The second kappa shape index (κ2) is 8.00. The first-order valence-corrected chi connectivity index (χ1v) is 10.8. The average molecular weight is 407 g/mol. The van der Waals surface area contributed by atoms with E-state index >= 15 is 0 Å². The fraction of sp³-hybridized carbons (Fsp3) is 0.350. The topological polar surface area (TPSA) is 66.5 Å². The molecule has 7 heteroatoms. The molecule has 1 atom stereocenters. The van der Waals surface area contributed by atoms with Gasteiger partial charge in [-0.3, -0.25) is 4.79 Å². The van der Waals surface area contributed by atoms with E-state index in [4.69, 9.17) is 11.6 Å². The van der Waals surface area contributed by atoms with Gasteiger partial charge in [0.25, 0.3) is 0 Å². The van der Waals surface area contributed by atoms with Crippen LogP contribution in [0, 0.1) is 13.8 Å². The van der Waals surface area contributed by atoms with Crippen LogP contribution in [0.4, 0.5) is 5.69 Å². The lowest BCUT2D eigenvalue weighted by molar-refractivity contribution is -0.120. The highest BCUT2D eigenvalue weighted by Crippen LogP contribution is 2.30. The number of nitrogens with zero attached hydrogens (tertiary/aromatic N) is 1. The summed E-state index contributed by atoms with van der Waals surface area (Å²) in [6, 6.07) is 11.2. The van der Waals surface area contributed by atoms with Crippen molar-refractivity contribution < 1.29 is 13.2 Å². The van der Waals surface area contributed by atoms with Crippen LogP contribution in [0.25, 0.3) is 0 Å². The van der Waals surface area contributed by atoms with Gasteiger partial charge in [-0.1, -0.05) is 42.3 Å². The normalized spacial score (nSPS) is 18.3. The number of halogens is 1. The van der Waals surface area contributed by atoms with Gasteiger partial charge in [0.2, 0.25) is 15.9 Å². The molecule has 0 aliphatic carbocycles. The van der Waals surface area contributed by atoms with Gasteiger partial charge in [-0.25, -0.2) is 8.42 Å². The van der Waals surface area contributed by atoms with E-state index in [-0.39, 0.29) is 10.8 Å². The first-order valence-electron chi connectivity index (χ1n) is 8.95. The van der Waals surface area contributed by atoms with Crippen LogP contribution in [-0.2, 0) is 14.8 Å². The monoisotopic (exact) mass is 406 g/mol. The molecule has 1 aliphatic heterocycles. The van der Waals surface area contributed by atoms with Gasteiger partial charge in [-0.05, 0) is 56.0 Å². The number of aryl methyl sites for hydroxylation is 2. The van der Waals surface area contributed by atoms with Crippen molar-refractivity contribution >= 4 is 33.2 Å². The third kappa shape index (κ3) is 4.18. The number of carbonyl (C=O) groups is 1. The van der Waals surface area contributed by atoms with Crippen molar-refractivity contribution in [2.24, 2.45) is 0 Å². The molecular weight excluding hydrogens is 384 g/mol. The number of nitrogens with one attached hydrogen (secondary N) is 1. The molecule has 0 radical (unpaired) electrons. The van der Waals surface area contributed by atoms with Crippen molar-refractivity contribution in [1.82, 2.24) is 4.31 Å². The number of anilines is 1. The van der Waals surface area contributed by atoms with Crippen LogP contribution >= 0.6 is 11.6 Å². The Morgan fingerprint density at radius 2 is 1.85 bits per heavy atom. The molecule has 1 amide bonds. The van der Waals surface area contributed by atoms with Crippen molar-refractivity contribution in [1.29, 1.82) is 0 Å². The van der Waals surface area contributed by atoms with Crippen LogP contribution in [0.15, 0.2) is 47.4 Å². The zero-order valence-electron chi connectivity index (χ0n) is 15.4. The van der Waals surface area contributed by atoms with Gasteiger partial charge in [-0.2, -0.15) is 4.31 Å². The fourth-order valence-electron chi connectivity index (χ4n) is 3.46. The van der Waals surface area contributed by atoms with E-state index in [0.717, 1.165) is 24.0 Å². The van der Waals surface area contributed by atoms with Crippen molar-refractivity contribution in [3.05, 3.63) is 58.6 Å². The molecule has 1 unspecified atom stereocenters. The van der Waals surface area contributed by atoms with Crippen LogP contribution in [0.1, 0.15) is 30.4 Å². The van der Waals surface area contributed by atoms with Gasteiger partial charge in [0, 0.05) is 6.54 Å². The summed E-state index contributed by atoms with van der Waals surface area (Å²) < 4.78 is 27.4. The molecular formula is C20H23ClN2O3S. The molecule has 2 aromatic rings. The van der Waals surface area contributed by atoms with Gasteiger partial charge >= 0.3 is 0 Å². The number of amides is 1. The summed E-state index contributed by atoms with van der Waals surface area (Å²) in [6.45, 7) is 4.13. The number of hydrogen-bond donors (Lipinski definition) is 1. The number of benzene rings is 2. The summed E-state index contributed by atoms with van der Waals surface area (Å²) in [5, 5.41) is 3.30. The molecule has 0 bridgehead atoms. The van der Waals surface area contributed by atoms with Crippen LogP contribution in [0.2, 0.25) is 5.02 Å². The number of carbonyl (C=O) groups excluding carboxylic acids is 1. The fourth-order valence-corrected chi connectivity index (χ4v) is 5.51. The maximum absolute atomic E-state index is 13.1. The third-order valence-corrected chi connectivity index (χ3v) is 7.01. The average Bonchev–Trinajstić information content (AvgIpc) is 2.65. The lowest BCUT2D eigenvalue weighted by Crippen LogP contribution is -2.49. The first kappa shape index (κ1) is 19.9. The van der Waals surface area contributed by atoms with Gasteiger partial charge in [0.05, 0.1) is 15.6 Å². The number of piperidine rings is 1. The second-order valence-electron chi connectivity index (χ2n) is 6.87. The Morgan fingerprint density at radius 1 is 1.15 bits per heavy atom. The van der Waals surface area contributed by atoms with Gasteiger partial charge < -0.3 is 5.32 Å². The SMILES string of the molecule is Cc1cc(C)c(NC(=O)C2CCCCN2S(=O)(=O)c2ccccc2)c(Cl)c1. The molecule has 1 heterocycles. The molecule has 144 valence electrons. The molecule has 0 saturated carbocycles. The van der Waals surface area contributed by atoms with Crippen LogP contribution < -0.4 is 5.32 Å². The summed E-state index contributed by atoms with van der Waals surface area (Å²) in [5.74, 6) is -0.344. The summed E-state index contributed by atoms with van der Waals surface area (Å²) in [6.07, 6.45) is 2.03. The van der Waals surface area contributed by atoms with E-state index in [0.29, 0.717) is 23.7 Å². The highest BCUT2D eigenvalue weighted by Gasteiger charge is 2.37. The van der Waals surface area contributed by atoms with E-state index < -0.39 is 16.1 Å². The molecule has 1 fully saturated rings. The zero-order valence-corrected chi connectivity index (χ0v) is 17.0. The van der Waals surface area contributed by atoms with Crippen LogP contribution in [0.3, 0.4) is 0 Å². The van der Waals surface area contributed by atoms with E-state index in [1.165, 1.54) is 4.31 Å². The van der Waals surface area contributed by atoms with Crippen molar-refractivity contribution in [3.8, 4) is 0 Å². The van der Waals surface area contributed by atoms with E-state index in [9.17, 15) is 13.2 Å². The molecule has 2 aromatic carbocycles. The molecule has 1 aliphatic rings. The lowest BCUT2D eigenvalue weighted by Gasteiger charge is -2.33. The third-order valence-electron chi connectivity index (χ3n) is 4.79. The van der Waals surface area contributed by atoms with E-state index in [1.54, 1.807) is 36.4 Å². The van der Waals surface area contributed by atoms with Gasteiger partial charge in [0.15, 0.2) is 0 Å². The predicted octanol–water partition coefficient (Wildman–Crippen LogP) is 4.14. The standard InChI is InChI=1S/C20H23ClN2O3S/c1-14-12-15(2)19(17(21)13-14)22-20(24)18-10-6-7-11-23(18)27(25,26)16-8-4-3-5-9-16/h3-5,8-9,12-13,18H,6-7,10-11H2,1-2H3,(H,22,24). The number of sulfonamides is 1. The van der Waals surface area contributed by atoms with E-state index in [1.807, 2.05) is 19.9 Å². The quantitative estimate of drug-likeness (QED) is 0.829. The Hall–Kier alpha value is -1.89. The predicted molar refractivity (Wildman–Crippen MR) is 108 cm³/mol. The Labute approximate surface area is 165 Å². The maximum Gasteiger partial charge on any atom is 0.243 e. The number of hydrogen-bond acceptors (Lipinski definition) is 3. The van der Waals surface area contributed by atoms with Gasteiger partial charge in [-0.15, -0.1) is 0 Å². The van der Waals surface area contributed by atoms with Crippen LogP contribution in [-0.4, -0.2) is 31.2 Å². The minimum Gasteiger partial charge on any atom is -0.323 e. The summed E-state index contributed by atoms with van der Waals surface area (Å²) >= 11 is 6.29. The Morgan fingerprint density at radius 3 is 2.52 bits per heavy atom. The minimum atomic E-state index is -3.74. The summed E-state index contributed by atoms with van der Waals surface area (Å²) in [7, 11) is -3.74. The van der Waals surface area contributed by atoms with Crippen LogP contribution in [0.5, 0.6) is 0 Å². The highest BCUT2D eigenvalue weighted by atomic mass is 35.5. The molecule has 5 nitrogen and oxygen atoms in total. The minimum absolute atomic E-state index is 0.203. The highest BCUT2D eigenvalue weighted by molar-refractivity contribution is 7.89. The maximum atomic E-state index is 13.1. The molecule has 27 heavy (non-hydrogen) atoms. The smallest absolute Gasteiger partial charge is 0.243 e. The van der Waals surface area contributed by atoms with Crippen molar-refractivity contribution in [2.75, 3.05) is 11.9 Å². The molecule has 1 N–H and O–H groups in total. The molecule has 1 saturated heterocycles. The lowest BCUT2D eigenvalue weighted by atomic mass is 10.0. The molecule has 3 rings (SSSR count). The molecule has 0 aromatic heterocycles. The zero-order chi connectivity index (χ0) is 19.6. The largest absolute Gasteiger partial charge is 0.323 e. The number of rotatable bonds is 4. The van der Waals surface area contributed by atoms with Crippen molar-refractivity contribution in [3.63, 3.8) is 0 Å². The molecule has 0 spiro atoms. The Balaban J connectivity index is 1.89.